The normalized spacial score (nSPS) is 41.4. The first-order valence-electron chi connectivity index (χ1n) is 9.42. The number of ether oxygens (including phenoxy) is 1. The summed E-state index contributed by atoms with van der Waals surface area (Å²) in [5.41, 5.74) is 0.369. The predicted molar refractivity (Wildman–Crippen MR) is 89.2 cm³/mol. The molecule has 1 aromatic rings. The molecular weight excluding hydrogens is 318 g/mol. The maximum Gasteiger partial charge on any atom is 0.174 e. The van der Waals surface area contributed by atoms with Gasteiger partial charge in [0.15, 0.2) is 23.4 Å². The number of rotatable bonds is 2. The second kappa shape index (κ2) is 4.38. The number of piperidine rings is 1. The summed E-state index contributed by atoms with van der Waals surface area (Å²) in [4.78, 5) is 15.1. The standard InChI is InChI=1S/C20H22NO4/c22-13-4-3-12-9-15-20(24)6-5-14(23)18-19(20,16(12)17(13)25-18)7-8-21(15)10-11-1-2-11/h3-4,10-11,15,18,22,24H,1-2,5-9H2/t15-,18+,19+,20-/m1/s1. The molecule has 5 nitrogen and oxygen atoms in total. The minimum absolute atomic E-state index is 0.0101. The van der Waals surface area contributed by atoms with Gasteiger partial charge in [-0.05, 0) is 49.7 Å². The van der Waals surface area contributed by atoms with Crippen molar-refractivity contribution < 1.29 is 19.7 Å². The molecule has 2 aliphatic heterocycles. The molecular formula is C20H22NO4. The summed E-state index contributed by atoms with van der Waals surface area (Å²) in [6.07, 6.45) is 4.11. The highest BCUT2D eigenvalue weighted by atomic mass is 16.5. The third kappa shape index (κ3) is 1.56. The van der Waals surface area contributed by atoms with Crippen LogP contribution in [0, 0.1) is 12.5 Å². The first kappa shape index (κ1) is 14.6. The molecule has 1 aromatic carbocycles. The molecule has 5 aliphatic rings. The predicted octanol–water partition coefficient (Wildman–Crippen LogP) is 1.69. The van der Waals surface area contributed by atoms with E-state index in [1.54, 1.807) is 6.07 Å². The molecule has 1 spiro atoms. The number of Topliss-reactive ketones (excluding diaryl/α,β-unsaturated/α-hetero) is 1. The van der Waals surface area contributed by atoms with Gasteiger partial charge in [-0.3, -0.25) is 9.69 Å². The summed E-state index contributed by atoms with van der Waals surface area (Å²) < 4.78 is 6.03. The molecule has 0 amide bonds. The van der Waals surface area contributed by atoms with E-state index < -0.39 is 17.1 Å². The zero-order valence-electron chi connectivity index (χ0n) is 14.1. The highest BCUT2D eigenvalue weighted by Crippen LogP contribution is 2.65. The summed E-state index contributed by atoms with van der Waals surface area (Å²) >= 11 is 0. The average molecular weight is 340 g/mol. The summed E-state index contributed by atoms with van der Waals surface area (Å²) in [7, 11) is 0. The van der Waals surface area contributed by atoms with Crippen molar-refractivity contribution in [2.45, 2.75) is 61.7 Å². The van der Waals surface area contributed by atoms with E-state index in [2.05, 4.69) is 11.4 Å². The van der Waals surface area contributed by atoms with Crippen molar-refractivity contribution in [1.29, 1.82) is 0 Å². The second-order valence-electron chi connectivity index (χ2n) is 8.50. The smallest absolute Gasteiger partial charge is 0.174 e. The molecule has 0 unspecified atom stereocenters. The van der Waals surface area contributed by atoms with E-state index in [9.17, 15) is 15.0 Å². The zero-order chi connectivity index (χ0) is 17.0. The summed E-state index contributed by atoms with van der Waals surface area (Å²) in [5.74, 6) is 1.24. The maximum absolute atomic E-state index is 12.7. The first-order chi connectivity index (χ1) is 12.0. The Morgan fingerprint density at radius 2 is 2.12 bits per heavy atom. The third-order valence-electron chi connectivity index (χ3n) is 7.32. The molecule has 1 radical (unpaired) electrons. The van der Waals surface area contributed by atoms with E-state index in [-0.39, 0.29) is 17.6 Å². The summed E-state index contributed by atoms with van der Waals surface area (Å²) in [5, 5.41) is 22.3. The minimum atomic E-state index is -0.971. The van der Waals surface area contributed by atoms with Crippen molar-refractivity contribution in [2.75, 3.05) is 6.54 Å². The van der Waals surface area contributed by atoms with Crippen LogP contribution in [0.2, 0.25) is 0 Å². The van der Waals surface area contributed by atoms with Crippen molar-refractivity contribution in [2.24, 2.45) is 5.92 Å². The van der Waals surface area contributed by atoms with E-state index in [1.165, 1.54) is 12.8 Å². The zero-order valence-corrected chi connectivity index (χ0v) is 14.1. The van der Waals surface area contributed by atoms with Gasteiger partial charge in [-0.25, -0.2) is 0 Å². The average Bonchev–Trinajstić information content (AvgIpc) is 3.32. The monoisotopic (exact) mass is 340 g/mol. The molecule has 6 rings (SSSR count). The van der Waals surface area contributed by atoms with Crippen molar-refractivity contribution in [1.82, 2.24) is 4.90 Å². The highest BCUT2D eigenvalue weighted by molar-refractivity contribution is 5.90. The van der Waals surface area contributed by atoms with Crippen molar-refractivity contribution in [3.05, 3.63) is 29.8 Å². The summed E-state index contributed by atoms with van der Waals surface area (Å²) in [6, 6.07) is 3.61. The number of aromatic hydroxyl groups is 1. The number of nitrogens with zero attached hydrogens (tertiary/aromatic N) is 1. The van der Waals surface area contributed by atoms with Crippen LogP contribution in [-0.2, 0) is 16.6 Å². The Kier molecular flexibility index (Phi) is 2.55. The maximum atomic E-state index is 12.7. The van der Waals surface area contributed by atoms with Crippen LogP contribution in [0.25, 0.3) is 0 Å². The number of hydrogen-bond donors (Lipinski definition) is 2. The van der Waals surface area contributed by atoms with Crippen LogP contribution in [0.15, 0.2) is 12.1 Å². The van der Waals surface area contributed by atoms with E-state index in [1.807, 2.05) is 6.07 Å². The van der Waals surface area contributed by atoms with Crippen LogP contribution in [0.4, 0.5) is 0 Å². The molecule has 5 heteroatoms. The highest BCUT2D eigenvalue weighted by Gasteiger charge is 2.73. The van der Waals surface area contributed by atoms with Gasteiger partial charge in [0.05, 0.1) is 11.0 Å². The Bertz CT molecular complexity index is 803. The molecule has 131 valence electrons. The Labute approximate surface area is 146 Å². The number of carbonyl (C=O) groups is 1. The molecule has 2 saturated carbocycles. The molecule has 25 heavy (non-hydrogen) atoms. The number of likely N-dealkylation sites (tertiary alicyclic amines) is 1. The first-order valence-corrected chi connectivity index (χ1v) is 9.42. The molecule has 2 bridgehead atoms. The lowest BCUT2D eigenvalue weighted by molar-refractivity contribution is -0.185. The number of carbonyl (C=O) groups excluding carboxylic acids is 1. The molecule has 1 saturated heterocycles. The Morgan fingerprint density at radius 1 is 1.28 bits per heavy atom. The van der Waals surface area contributed by atoms with Crippen LogP contribution in [0.1, 0.15) is 43.2 Å². The lowest BCUT2D eigenvalue weighted by atomic mass is 9.49. The van der Waals surface area contributed by atoms with Crippen molar-refractivity contribution in [3.8, 4) is 11.5 Å². The third-order valence-corrected chi connectivity index (χ3v) is 7.32. The van der Waals surface area contributed by atoms with Crippen molar-refractivity contribution in [3.63, 3.8) is 0 Å². The fourth-order valence-corrected chi connectivity index (χ4v) is 6.05. The Hall–Kier alpha value is -1.59. The molecule has 2 heterocycles. The topological polar surface area (TPSA) is 70.0 Å². The van der Waals surface area contributed by atoms with E-state index in [0.717, 1.165) is 24.1 Å². The number of hydrogen-bond acceptors (Lipinski definition) is 5. The van der Waals surface area contributed by atoms with Gasteiger partial charge in [0, 0.05) is 31.1 Å². The molecule has 4 atom stereocenters. The van der Waals surface area contributed by atoms with Crippen LogP contribution in [-0.4, -0.2) is 45.2 Å². The summed E-state index contributed by atoms with van der Waals surface area (Å²) in [6.45, 7) is 3.16. The van der Waals surface area contributed by atoms with Gasteiger partial charge >= 0.3 is 0 Å². The van der Waals surface area contributed by atoms with E-state index >= 15 is 0 Å². The second-order valence-corrected chi connectivity index (χ2v) is 8.50. The van der Waals surface area contributed by atoms with Gasteiger partial charge < -0.3 is 14.9 Å². The number of phenols is 1. The van der Waals surface area contributed by atoms with Gasteiger partial charge in [-0.2, -0.15) is 0 Å². The Morgan fingerprint density at radius 3 is 2.92 bits per heavy atom. The number of benzene rings is 1. The fraction of sp³-hybridized carbons (Fsp3) is 0.600. The SMILES string of the molecule is O=C1CC[C@@]2(O)[C@H]3Cc4ccc(O)c5c4[C@@]2(CCN3[CH]C2CC2)[C@H]1O5. The Balaban J connectivity index is 1.58. The molecule has 3 aliphatic carbocycles. The quantitative estimate of drug-likeness (QED) is 0.857. The number of aliphatic hydroxyl groups is 1. The van der Waals surface area contributed by atoms with Gasteiger partial charge in [-0.1, -0.05) is 6.07 Å². The lowest BCUT2D eigenvalue weighted by Crippen LogP contribution is -2.76. The molecule has 2 N–H and O–H groups in total. The fourth-order valence-electron chi connectivity index (χ4n) is 6.05. The van der Waals surface area contributed by atoms with E-state index in [4.69, 9.17) is 4.74 Å². The molecule has 0 aromatic heterocycles. The molecule has 3 fully saturated rings. The minimum Gasteiger partial charge on any atom is -0.504 e. The van der Waals surface area contributed by atoms with Crippen LogP contribution < -0.4 is 4.74 Å². The van der Waals surface area contributed by atoms with Gasteiger partial charge in [-0.15, -0.1) is 0 Å². The van der Waals surface area contributed by atoms with Gasteiger partial charge in [0.2, 0.25) is 0 Å². The van der Waals surface area contributed by atoms with Gasteiger partial charge in [0.25, 0.3) is 0 Å². The van der Waals surface area contributed by atoms with Gasteiger partial charge in [0.1, 0.15) is 0 Å². The van der Waals surface area contributed by atoms with Crippen LogP contribution in [0.5, 0.6) is 11.5 Å². The number of ketones is 1. The van der Waals surface area contributed by atoms with Crippen molar-refractivity contribution >= 4 is 5.78 Å². The lowest BCUT2D eigenvalue weighted by Gasteiger charge is -2.62. The van der Waals surface area contributed by atoms with E-state index in [0.29, 0.717) is 30.9 Å². The largest absolute Gasteiger partial charge is 0.504 e. The number of phenolic OH excluding ortho intramolecular Hbond substituents is 1. The van der Waals surface area contributed by atoms with Crippen LogP contribution >= 0.6 is 0 Å². The van der Waals surface area contributed by atoms with Crippen LogP contribution in [0.3, 0.4) is 0 Å².